The number of fused-ring (bicyclic) bond motifs is 2. The van der Waals surface area contributed by atoms with E-state index in [2.05, 4.69) is 32.9 Å². The molecule has 2 bridgehead atoms. The van der Waals surface area contributed by atoms with Crippen LogP contribution in [0.25, 0.3) is 6.08 Å². The molecule has 23 heavy (non-hydrogen) atoms. The lowest BCUT2D eigenvalue weighted by Gasteiger charge is -2.48. The van der Waals surface area contributed by atoms with Crippen molar-refractivity contribution >= 4 is 11.8 Å². The Hall–Kier alpha value is -1.94. The predicted octanol–water partition coefficient (Wildman–Crippen LogP) is 4.76. The Morgan fingerprint density at radius 1 is 1.30 bits per heavy atom. The molecular formula is C19H23NO3. The number of non-ortho nitro benzene ring substituents is 1. The first-order valence-corrected chi connectivity index (χ1v) is 8.14. The molecular weight excluding hydrogens is 290 g/mol. The highest BCUT2D eigenvalue weighted by atomic mass is 16.6. The van der Waals surface area contributed by atoms with Gasteiger partial charge in [0, 0.05) is 18.1 Å². The maximum absolute atomic E-state index is 10.7. The fourth-order valence-corrected chi connectivity index (χ4v) is 3.64. The van der Waals surface area contributed by atoms with E-state index < -0.39 is 0 Å². The van der Waals surface area contributed by atoms with Crippen LogP contribution in [0.3, 0.4) is 0 Å². The lowest BCUT2D eigenvalue weighted by Crippen LogP contribution is -2.48. The first kappa shape index (κ1) is 15.9. The standard InChI is InChI=1S/C19H23NO3/c1-13-4-8-15-12-17(13)18(23-19(15,2)3)11-7-14-5-9-16(10-6-14)20(21)22/h4-7,9-11,15,17-18H,8,12H2,1-3H3/b11-7+/t15-,17-,18+/m1/s1. The third-order valence-electron chi connectivity index (χ3n) is 5.25. The first-order valence-electron chi connectivity index (χ1n) is 8.14. The number of ether oxygens (including phenoxy) is 1. The Kier molecular flexibility index (Phi) is 4.11. The fourth-order valence-electron chi connectivity index (χ4n) is 3.64. The maximum Gasteiger partial charge on any atom is 0.269 e. The second-order valence-electron chi connectivity index (χ2n) is 7.12. The highest BCUT2D eigenvalue weighted by Gasteiger charge is 2.43. The van der Waals surface area contributed by atoms with Gasteiger partial charge in [0.2, 0.25) is 0 Å². The second-order valence-corrected chi connectivity index (χ2v) is 7.12. The van der Waals surface area contributed by atoms with Crippen LogP contribution in [-0.2, 0) is 4.74 Å². The topological polar surface area (TPSA) is 52.4 Å². The zero-order chi connectivity index (χ0) is 16.6. The Morgan fingerprint density at radius 3 is 2.65 bits per heavy atom. The molecule has 0 radical (unpaired) electrons. The van der Waals surface area contributed by atoms with E-state index in [1.807, 2.05) is 6.08 Å². The number of rotatable bonds is 3. The van der Waals surface area contributed by atoms with Crippen LogP contribution in [0.15, 0.2) is 42.0 Å². The van der Waals surface area contributed by atoms with Crippen LogP contribution in [0.1, 0.15) is 39.2 Å². The van der Waals surface area contributed by atoms with Crippen molar-refractivity contribution in [3.63, 3.8) is 0 Å². The Bertz CT molecular complexity index is 658. The molecule has 4 nitrogen and oxygen atoms in total. The maximum atomic E-state index is 10.7. The quantitative estimate of drug-likeness (QED) is 0.459. The minimum absolute atomic E-state index is 0.0630. The van der Waals surface area contributed by atoms with Gasteiger partial charge >= 0.3 is 0 Å². The second kappa shape index (κ2) is 5.93. The molecule has 1 aromatic rings. The molecule has 1 aliphatic carbocycles. The molecule has 0 spiro atoms. The SMILES string of the molecule is CC1=CC[C@@H]2C[C@H]1[C@H](/C=C/c1ccc([N+](=O)[O-])cc1)OC2(C)C. The summed E-state index contributed by atoms with van der Waals surface area (Å²) in [6, 6.07) is 6.62. The average Bonchev–Trinajstić information content (AvgIpc) is 2.51. The van der Waals surface area contributed by atoms with Crippen molar-refractivity contribution in [3.05, 3.63) is 57.7 Å². The van der Waals surface area contributed by atoms with E-state index in [9.17, 15) is 10.1 Å². The fraction of sp³-hybridized carbons (Fsp3) is 0.474. The van der Waals surface area contributed by atoms with Crippen molar-refractivity contribution in [3.8, 4) is 0 Å². The van der Waals surface area contributed by atoms with Gasteiger partial charge < -0.3 is 4.74 Å². The Labute approximate surface area is 137 Å². The van der Waals surface area contributed by atoms with Gasteiger partial charge in [0.25, 0.3) is 5.69 Å². The van der Waals surface area contributed by atoms with Gasteiger partial charge in [-0.15, -0.1) is 0 Å². The molecule has 4 heteroatoms. The van der Waals surface area contributed by atoms with E-state index in [0.29, 0.717) is 11.8 Å². The van der Waals surface area contributed by atoms with Gasteiger partial charge in [-0.3, -0.25) is 10.1 Å². The number of hydrogen-bond acceptors (Lipinski definition) is 3. The predicted molar refractivity (Wildman–Crippen MR) is 91.1 cm³/mol. The van der Waals surface area contributed by atoms with Gasteiger partial charge in [0.1, 0.15) is 0 Å². The van der Waals surface area contributed by atoms with Crippen LogP contribution in [0.2, 0.25) is 0 Å². The average molecular weight is 313 g/mol. The van der Waals surface area contributed by atoms with Crippen molar-refractivity contribution < 1.29 is 9.66 Å². The normalized spacial score (nSPS) is 29.3. The summed E-state index contributed by atoms with van der Waals surface area (Å²) in [5.74, 6) is 1.02. The van der Waals surface area contributed by atoms with Crippen LogP contribution in [0.5, 0.6) is 0 Å². The number of allylic oxidation sites excluding steroid dienone is 1. The third-order valence-corrected chi connectivity index (χ3v) is 5.25. The zero-order valence-electron chi connectivity index (χ0n) is 13.9. The van der Waals surface area contributed by atoms with Gasteiger partial charge in [-0.25, -0.2) is 0 Å². The zero-order valence-corrected chi connectivity index (χ0v) is 13.9. The first-order chi connectivity index (χ1) is 10.9. The molecule has 1 heterocycles. The molecule has 1 aromatic carbocycles. The van der Waals surface area contributed by atoms with E-state index in [1.165, 1.54) is 24.1 Å². The Morgan fingerprint density at radius 2 is 2.00 bits per heavy atom. The molecule has 2 aliphatic rings. The van der Waals surface area contributed by atoms with Crippen LogP contribution < -0.4 is 0 Å². The molecule has 0 unspecified atom stereocenters. The summed E-state index contributed by atoms with van der Waals surface area (Å²) in [6.07, 6.45) is 8.81. The molecule has 0 aromatic heterocycles. The Balaban J connectivity index is 1.79. The minimum Gasteiger partial charge on any atom is -0.367 e. The van der Waals surface area contributed by atoms with Crippen LogP contribution >= 0.6 is 0 Å². The lowest BCUT2D eigenvalue weighted by molar-refractivity contribution is -0.384. The van der Waals surface area contributed by atoms with Crippen molar-refractivity contribution in [2.75, 3.05) is 0 Å². The third kappa shape index (κ3) is 3.22. The van der Waals surface area contributed by atoms with Crippen molar-refractivity contribution in [2.45, 2.75) is 45.3 Å². The van der Waals surface area contributed by atoms with Gasteiger partial charge in [0.05, 0.1) is 16.6 Å². The molecule has 1 saturated heterocycles. The highest BCUT2D eigenvalue weighted by Crippen LogP contribution is 2.45. The molecule has 3 rings (SSSR count). The number of nitrogens with zero attached hydrogens (tertiary/aromatic N) is 1. The number of nitro benzene ring substituents is 1. The molecule has 0 saturated carbocycles. The summed E-state index contributed by atoms with van der Waals surface area (Å²) in [5.41, 5.74) is 2.37. The van der Waals surface area contributed by atoms with E-state index in [-0.39, 0.29) is 22.3 Å². The van der Waals surface area contributed by atoms with Gasteiger partial charge in [-0.05, 0) is 57.2 Å². The molecule has 122 valence electrons. The van der Waals surface area contributed by atoms with Crippen molar-refractivity contribution in [2.24, 2.45) is 11.8 Å². The summed E-state index contributed by atoms with van der Waals surface area (Å²) >= 11 is 0. The minimum atomic E-state index is -0.378. The van der Waals surface area contributed by atoms with Crippen molar-refractivity contribution in [1.29, 1.82) is 0 Å². The van der Waals surface area contributed by atoms with E-state index >= 15 is 0 Å². The smallest absolute Gasteiger partial charge is 0.269 e. The van der Waals surface area contributed by atoms with Crippen LogP contribution in [-0.4, -0.2) is 16.6 Å². The largest absolute Gasteiger partial charge is 0.367 e. The van der Waals surface area contributed by atoms with Crippen LogP contribution in [0, 0.1) is 22.0 Å². The number of hydrogen-bond donors (Lipinski definition) is 0. The monoisotopic (exact) mass is 313 g/mol. The highest BCUT2D eigenvalue weighted by molar-refractivity contribution is 5.52. The summed E-state index contributed by atoms with van der Waals surface area (Å²) in [6.45, 7) is 6.54. The van der Waals surface area contributed by atoms with Gasteiger partial charge in [-0.2, -0.15) is 0 Å². The molecule has 1 fully saturated rings. The van der Waals surface area contributed by atoms with E-state index in [0.717, 1.165) is 12.0 Å². The molecule has 1 aliphatic heterocycles. The summed E-state index contributed by atoms with van der Waals surface area (Å²) < 4.78 is 6.36. The number of nitro groups is 1. The van der Waals surface area contributed by atoms with E-state index in [1.54, 1.807) is 12.1 Å². The summed E-state index contributed by atoms with van der Waals surface area (Å²) in [4.78, 5) is 10.3. The molecule has 0 amide bonds. The van der Waals surface area contributed by atoms with Gasteiger partial charge in [0.15, 0.2) is 0 Å². The van der Waals surface area contributed by atoms with Crippen LogP contribution in [0.4, 0.5) is 5.69 Å². The summed E-state index contributed by atoms with van der Waals surface area (Å²) in [5, 5.41) is 10.7. The molecule has 3 atom stereocenters. The summed E-state index contributed by atoms with van der Waals surface area (Å²) in [7, 11) is 0. The lowest BCUT2D eigenvalue weighted by atomic mass is 9.70. The number of benzene rings is 1. The molecule has 0 N–H and O–H groups in total. The van der Waals surface area contributed by atoms with Gasteiger partial charge in [-0.1, -0.05) is 23.8 Å². The van der Waals surface area contributed by atoms with E-state index in [4.69, 9.17) is 4.74 Å². The van der Waals surface area contributed by atoms with Crippen molar-refractivity contribution in [1.82, 2.24) is 0 Å².